The molecule has 1 aromatic carbocycles. The average molecular weight is 373 g/mol. The van der Waals surface area contributed by atoms with Gasteiger partial charge in [-0.15, -0.1) is 0 Å². The zero-order valence-corrected chi connectivity index (χ0v) is 15.3. The van der Waals surface area contributed by atoms with Gasteiger partial charge >= 0.3 is 5.97 Å². The highest BCUT2D eigenvalue weighted by atomic mass is 19.2. The number of allylic oxidation sites excluding steroid dienone is 3. The molecular formula is C20H21F2N3O2. The molecule has 1 aliphatic heterocycles. The van der Waals surface area contributed by atoms with Crippen LogP contribution in [0.5, 0.6) is 0 Å². The number of rotatable bonds is 6. The van der Waals surface area contributed by atoms with Gasteiger partial charge in [0.15, 0.2) is 17.5 Å². The molecule has 27 heavy (non-hydrogen) atoms. The van der Waals surface area contributed by atoms with Crippen LogP contribution in [0.25, 0.3) is 5.57 Å². The summed E-state index contributed by atoms with van der Waals surface area (Å²) in [5.74, 6) is -1.50. The van der Waals surface area contributed by atoms with Gasteiger partial charge in [-0.25, -0.2) is 8.78 Å². The van der Waals surface area contributed by atoms with Crippen molar-refractivity contribution in [3.8, 4) is 0 Å². The van der Waals surface area contributed by atoms with Crippen LogP contribution in [0.4, 0.5) is 14.6 Å². The number of anilines is 1. The number of aromatic nitrogens is 2. The summed E-state index contributed by atoms with van der Waals surface area (Å²) in [6, 6.07) is 4.13. The van der Waals surface area contributed by atoms with Crippen LogP contribution in [0.2, 0.25) is 0 Å². The number of esters is 1. The summed E-state index contributed by atoms with van der Waals surface area (Å²) in [6.07, 6.45) is 4.36. The van der Waals surface area contributed by atoms with Crippen LogP contribution in [0.15, 0.2) is 42.7 Å². The molecular weight excluding hydrogens is 352 g/mol. The molecule has 0 bridgehead atoms. The quantitative estimate of drug-likeness (QED) is 0.726. The zero-order valence-electron chi connectivity index (χ0n) is 15.3. The van der Waals surface area contributed by atoms with E-state index >= 15 is 0 Å². The van der Waals surface area contributed by atoms with Crippen LogP contribution >= 0.6 is 0 Å². The number of carbonyl (C=O) groups is 1. The van der Waals surface area contributed by atoms with Crippen LogP contribution in [-0.4, -0.2) is 28.9 Å². The third kappa shape index (κ3) is 3.92. The van der Waals surface area contributed by atoms with Crippen molar-refractivity contribution in [2.24, 2.45) is 7.05 Å². The SMILES string of the molecule is C=C1C=C(CCc2cccc(F)c2F)N(CC(=O)OCC)c2nn(C)cc21. The Bertz CT molecular complexity index is 918. The summed E-state index contributed by atoms with van der Waals surface area (Å²) >= 11 is 0. The Labute approximate surface area is 156 Å². The molecule has 3 rings (SSSR count). The molecule has 2 aromatic rings. The van der Waals surface area contributed by atoms with Crippen molar-refractivity contribution >= 4 is 17.4 Å². The number of ether oxygens (including phenoxy) is 1. The molecule has 1 aliphatic rings. The Hall–Kier alpha value is -2.96. The molecule has 0 amide bonds. The predicted molar refractivity (Wildman–Crippen MR) is 99.0 cm³/mol. The fourth-order valence-electron chi connectivity index (χ4n) is 3.12. The molecule has 5 nitrogen and oxygen atoms in total. The standard InChI is InChI=1S/C20H21F2N3O2/c1-4-27-18(26)12-25-15(9-8-14-6-5-7-17(21)19(14)22)10-13(2)16-11-24(3)23-20(16)25/h5-7,10-11H,2,4,8-9,12H2,1,3H3. The van der Waals surface area contributed by atoms with Gasteiger partial charge in [0.2, 0.25) is 0 Å². The van der Waals surface area contributed by atoms with Gasteiger partial charge in [-0.3, -0.25) is 9.48 Å². The van der Waals surface area contributed by atoms with Crippen LogP contribution in [0.1, 0.15) is 24.5 Å². The van der Waals surface area contributed by atoms with Crippen LogP contribution in [0.3, 0.4) is 0 Å². The minimum atomic E-state index is -0.870. The highest BCUT2D eigenvalue weighted by Gasteiger charge is 2.27. The van der Waals surface area contributed by atoms with Gasteiger partial charge in [0.05, 0.1) is 6.61 Å². The van der Waals surface area contributed by atoms with Crippen molar-refractivity contribution in [2.75, 3.05) is 18.1 Å². The molecule has 0 fully saturated rings. The third-order valence-corrected chi connectivity index (χ3v) is 4.37. The fraction of sp³-hybridized carbons (Fsp3) is 0.300. The van der Waals surface area contributed by atoms with Gasteiger partial charge in [0, 0.05) is 24.5 Å². The lowest BCUT2D eigenvalue weighted by atomic mass is 10.00. The van der Waals surface area contributed by atoms with E-state index < -0.39 is 11.6 Å². The second-order valence-corrected chi connectivity index (χ2v) is 6.31. The molecule has 0 spiro atoms. The van der Waals surface area contributed by atoms with E-state index in [1.54, 1.807) is 29.6 Å². The maximum absolute atomic E-state index is 14.0. The minimum absolute atomic E-state index is 0.0113. The van der Waals surface area contributed by atoms with Gasteiger partial charge in [-0.2, -0.15) is 5.10 Å². The number of benzene rings is 1. The topological polar surface area (TPSA) is 47.4 Å². The summed E-state index contributed by atoms with van der Waals surface area (Å²) in [4.78, 5) is 13.8. The Morgan fingerprint density at radius 2 is 2.07 bits per heavy atom. The number of halogens is 2. The first-order valence-corrected chi connectivity index (χ1v) is 8.70. The lowest BCUT2D eigenvalue weighted by Crippen LogP contribution is -2.33. The molecule has 0 unspecified atom stereocenters. The highest BCUT2D eigenvalue weighted by Crippen LogP contribution is 2.35. The van der Waals surface area contributed by atoms with Crippen molar-refractivity contribution in [3.63, 3.8) is 0 Å². The second-order valence-electron chi connectivity index (χ2n) is 6.31. The molecule has 2 heterocycles. The molecule has 0 saturated carbocycles. The Morgan fingerprint density at radius 1 is 1.30 bits per heavy atom. The predicted octanol–water partition coefficient (Wildman–Crippen LogP) is 3.61. The van der Waals surface area contributed by atoms with E-state index in [-0.39, 0.29) is 31.1 Å². The zero-order chi connectivity index (χ0) is 19.6. The summed E-state index contributed by atoms with van der Waals surface area (Å²) in [6.45, 7) is 6.06. The Balaban J connectivity index is 1.87. The van der Waals surface area contributed by atoms with E-state index in [2.05, 4.69) is 11.7 Å². The van der Waals surface area contributed by atoms with Crippen LogP contribution < -0.4 is 4.90 Å². The number of fused-ring (bicyclic) bond motifs is 1. The molecule has 7 heteroatoms. The molecule has 1 aromatic heterocycles. The van der Waals surface area contributed by atoms with Gasteiger partial charge in [-0.1, -0.05) is 18.7 Å². The summed E-state index contributed by atoms with van der Waals surface area (Å²) in [5, 5.41) is 4.43. The van der Waals surface area contributed by atoms with Gasteiger partial charge < -0.3 is 9.64 Å². The minimum Gasteiger partial charge on any atom is -0.465 e. The van der Waals surface area contributed by atoms with Crippen molar-refractivity contribution in [1.29, 1.82) is 0 Å². The van der Waals surface area contributed by atoms with Gasteiger partial charge in [0.1, 0.15) is 6.54 Å². The fourth-order valence-corrected chi connectivity index (χ4v) is 3.12. The monoisotopic (exact) mass is 373 g/mol. The van der Waals surface area contributed by atoms with Crippen molar-refractivity contribution < 1.29 is 18.3 Å². The largest absolute Gasteiger partial charge is 0.465 e. The van der Waals surface area contributed by atoms with E-state index in [1.165, 1.54) is 6.07 Å². The number of carbonyl (C=O) groups excluding carboxylic acids is 1. The van der Waals surface area contributed by atoms with E-state index in [1.807, 2.05) is 12.3 Å². The molecule has 0 N–H and O–H groups in total. The maximum atomic E-state index is 14.0. The average Bonchev–Trinajstić information content (AvgIpc) is 3.01. The van der Waals surface area contributed by atoms with Gasteiger partial charge in [0.25, 0.3) is 0 Å². The normalized spacial score (nSPS) is 13.4. The van der Waals surface area contributed by atoms with Gasteiger partial charge in [-0.05, 0) is 43.0 Å². The molecule has 0 radical (unpaired) electrons. The van der Waals surface area contributed by atoms with Crippen molar-refractivity contribution in [1.82, 2.24) is 9.78 Å². The summed E-state index contributed by atoms with van der Waals surface area (Å²) in [5.41, 5.74) is 2.61. The molecule has 0 atom stereocenters. The second kappa shape index (κ2) is 7.73. The van der Waals surface area contributed by atoms with Crippen LogP contribution in [-0.2, 0) is 23.0 Å². The number of hydrogen-bond acceptors (Lipinski definition) is 4. The highest BCUT2D eigenvalue weighted by molar-refractivity contribution is 5.87. The number of hydrogen-bond donors (Lipinski definition) is 0. The first kappa shape index (κ1) is 18.8. The van der Waals surface area contributed by atoms with Crippen molar-refractivity contribution in [3.05, 3.63) is 65.5 Å². The van der Waals surface area contributed by atoms with Crippen LogP contribution in [0, 0.1) is 11.6 Å². The molecule has 0 aliphatic carbocycles. The number of aryl methyl sites for hydroxylation is 2. The summed E-state index contributed by atoms with van der Waals surface area (Å²) < 4.78 is 34.1. The van der Waals surface area contributed by atoms with Crippen molar-refractivity contribution in [2.45, 2.75) is 19.8 Å². The Morgan fingerprint density at radius 3 is 2.81 bits per heavy atom. The first-order valence-electron chi connectivity index (χ1n) is 8.70. The maximum Gasteiger partial charge on any atom is 0.326 e. The number of nitrogens with zero attached hydrogens (tertiary/aromatic N) is 3. The summed E-state index contributed by atoms with van der Waals surface area (Å²) in [7, 11) is 1.79. The van der Waals surface area contributed by atoms with E-state index in [0.29, 0.717) is 12.2 Å². The van der Waals surface area contributed by atoms with E-state index in [9.17, 15) is 13.6 Å². The smallest absolute Gasteiger partial charge is 0.326 e. The molecule has 0 saturated heterocycles. The lowest BCUT2D eigenvalue weighted by molar-refractivity contribution is -0.141. The molecule has 142 valence electrons. The Kier molecular flexibility index (Phi) is 5.39. The third-order valence-electron chi connectivity index (χ3n) is 4.37. The van der Waals surface area contributed by atoms with E-state index in [4.69, 9.17) is 4.74 Å². The van der Waals surface area contributed by atoms with E-state index in [0.717, 1.165) is 22.9 Å². The first-order chi connectivity index (χ1) is 12.9. The lowest BCUT2D eigenvalue weighted by Gasteiger charge is -2.29.